The number of aromatic hydroxyl groups is 1. The summed E-state index contributed by atoms with van der Waals surface area (Å²) in [7, 11) is 1.37. The number of nitrogens with one attached hydrogen (secondary N) is 2. The summed E-state index contributed by atoms with van der Waals surface area (Å²) in [5, 5.41) is 38.1. The molecule has 5 N–H and O–H groups in total. The minimum Gasteiger partial charge on any atom is -0.508 e. The van der Waals surface area contributed by atoms with Crippen LogP contribution in [0.15, 0.2) is 103 Å². The Bertz CT molecular complexity index is 2050. The first-order valence-electron chi connectivity index (χ1n) is 20.4. The molecule has 60 heavy (non-hydrogen) atoms. The van der Waals surface area contributed by atoms with E-state index in [1.54, 1.807) is 61.0 Å². The van der Waals surface area contributed by atoms with Crippen LogP contribution in [0.1, 0.15) is 64.7 Å². The maximum absolute atomic E-state index is 14.6. The van der Waals surface area contributed by atoms with Gasteiger partial charge in [-0.2, -0.15) is 0 Å². The number of phenolic OH excluding ortho intramolecular Hbond substituents is 1. The summed E-state index contributed by atoms with van der Waals surface area (Å²) in [6.45, 7) is 12.2. The Hall–Kier alpha value is -5.95. The average molecular weight is 821 g/mol. The molecule has 1 fully saturated rings. The largest absolute Gasteiger partial charge is 0.508 e. The fourth-order valence-electron chi connectivity index (χ4n) is 8.04. The Kier molecular flexibility index (Phi) is 14.6. The lowest BCUT2D eigenvalue weighted by atomic mass is 9.84. The Labute approximate surface area is 353 Å². The lowest BCUT2D eigenvalue weighted by Gasteiger charge is -2.38. The quantitative estimate of drug-likeness (QED) is 0.0871. The van der Waals surface area contributed by atoms with Crippen LogP contribution >= 0.6 is 0 Å². The summed E-state index contributed by atoms with van der Waals surface area (Å²) >= 11 is 0. The summed E-state index contributed by atoms with van der Waals surface area (Å²) in [5.74, 6) is -0.784. The van der Waals surface area contributed by atoms with E-state index in [1.807, 2.05) is 93.6 Å². The van der Waals surface area contributed by atoms with E-state index in [9.17, 15) is 34.5 Å². The summed E-state index contributed by atoms with van der Waals surface area (Å²) < 4.78 is 0. The Morgan fingerprint density at radius 1 is 0.767 bits per heavy atom. The maximum Gasteiger partial charge on any atom is 0.407 e. The third-order valence-electron chi connectivity index (χ3n) is 10.9. The first-order chi connectivity index (χ1) is 28.3. The molecule has 13 heteroatoms. The molecule has 3 aromatic carbocycles. The van der Waals surface area contributed by atoms with Gasteiger partial charge >= 0.3 is 12.1 Å². The molecule has 2 heterocycles. The van der Waals surface area contributed by atoms with Gasteiger partial charge in [-0.25, -0.2) is 9.59 Å². The van der Waals surface area contributed by atoms with Gasteiger partial charge < -0.3 is 35.8 Å². The van der Waals surface area contributed by atoms with Crippen LogP contribution in [0.2, 0.25) is 0 Å². The highest BCUT2D eigenvalue weighted by molar-refractivity contribution is 5.89. The molecule has 4 aromatic rings. The Morgan fingerprint density at radius 2 is 1.38 bits per heavy atom. The van der Waals surface area contributed by atoms with Crippen LogP contribution in [0.4, 0.5) is 9.59 Å². The zero-order valence-electron chi connectivity index (χ0n) is 35.7. The molecule has 1 aromatic heterocycles. The SMILES string of the molecule is CN(C(=O)O)[C@H](C(=O)N[C@@H](Cc1ccc(-c2ccccn2)cc1)C[C@H](O)[C@H](Cc1ccccc1)NC(=O)[C@@H](N1CCN(Cc2ccc(O)cc2)C1=O)C(C)(C)C)C(C)(C)C. The van der Waals surface area contributed by atoms with Crippen LogP contribution in [0, 0.1) is 10.8 Å². The smallest absolute Gasteiger partial charge is 0.407 e. The first-order valence-corrected chi connectivity index (χ1v) is 20.4. The number of rotatable bonds is 16. The fourth-order valence-corrected chi connectivity index (χ4v) is 8.04. The minimum atomic E-state index is -1.24. The number of carbonyl (C=O) groups is 4. The zero-order valence-corrected chi connectivity index (χ0v) is 35.7. The second-order valence-corrected chi connectivity index (χ2v) is 17.9. The predicted octanol–water partition coefficient (Wildman–Crippen LogP) is 6.34. The predicted molar refractivity (Wildman–Crippen MR) is 231 cm³/mol. The molecular weight excluding hydrogens is 761 g/mol. The number of hydrogen-bond acceptors (Lipinski definition) is 7. The van der Waals surface area contributed by atoms with Gasteiger partial charge in [0.1, 0.15) is 17.8 Å². The molecule has 0 saturated carbocycles. The van der Waals surface area contributed by atoms with E-state index < -0.39 is 59.0 Å². The highest BCUT2D eigenvalue weighted by atomic mass is 16.4. The van der Waals surface area contributed by atoms with Crippen molar-refractivity contribution < 1.29 is 34.5 Å². The second-order valence-electron chi connectivity index (χ2n) is 17.9. The van der Waals surface area contributed by atoms with E-state index >= 15 is 0 Å². The normalized spacial score (nSPS) is 15.8. The van der Waals surface area contributed by atoms with Gasteiger partial charge in [0.25, 0.3) is 0 Å². The van der Waals surface area contributed by atoms with Gasteiger partial charge in [-0.3, -0.25) is 19.5 Å². The fraction of sp³-hybridized carbons (Fsp3) is 0.426. The number of nitrogens with zero attached hydrogens (tertiary/aromatic N) is 4. The number of hydrogen-bond donors (Lipinski definition) is 5. The van der Waals surface area contributed by atoms with Crippen molar-refractivity contribution in [2.24, 2.45) is 10.8 Å². The highest BCUT2D eigenvalue weighted by Gasteiger charge is 2.45. The number of carbonyl (C=O) groups excluding carboxylic acids is 3. The average Bonchev–Trinajstić information content (AvgIpc) is 3.53. The molecule has 5 amide bonds. The number of aromatic nitrogens is 1. The lowest BCUT2D eigenvalue weighted by molar-refractivity contribution is -0.131. The zero-order chi connectivity index (χ0) is 43.8. The molecule has 0 bridgehead atoms. The van der Waals surface area contributed by atoms with Crippen LogP contribution < -0.4 is 10.6 Å². The van der Waals surface area contributed by atoms with Crippen molar-refractivity contribution in [1.82, 2.24) is 30.3 Å². The highest BCUT2D eigenvalue weighted by Crippen LogP contribution is 2.30. The molecule has 0 spiro atoms. The lowest BCUT2D eigenvalue weighted by Crippen LogP contribution is -2.59. The number of pyridine rings is 1. The van der Waals surface area contributed by atoms with Crippen LogP contribution in [0.3, 0.4) is 0 Å². The van der Waals surface area contributed by atoms with E-state index in [0.717, 1.165) is 32.8 Å². The van der Waals surface area contributed by atoms with Crippen molar-refractivity contribution in [3.05, 3.63) is 120 Å². The molecule has 5 atom stereocenters. The van der Waals surface area contributed by atoms with Gasteiger partial charge in [0.2, 0.25) is 11.8 Å². The summed E-state index contributed by atoms with van der Waals surface area (Å²) in [6.07, 6.45) is -0.125. The summed E-state index contributed by atoms with van der Waals surface area (Å²) in [5.41, 5.74) is 2.85. The van der Waals surface area contributed by atoms with E-state index in [-0.39, 0.29) is 24.6 Å². The number of benzene rings is 3. The van der Waals surface area contributed by atoms with Crippen molar-refractivity contribution >= 4 is 23.9 Å². The van der Waals surface area contributed by atoms with Gasteiger partial charge in [-0.15, -0.1) is 0 Å². The number of amides is 5. The van der Waals surface area contributed by atoms with Crippen LogP contribution in [-0.4, -0.2) is 109 Å². The number of urea groups is 1. The van der Waals surface area contributed by atoms with Gasteiger partial charge in [-0.05, 0) is 71.0 Å². The standard InChI is InChI=1S/C47H60N6O7/c1-46(2,3)40(51(7)45(59)60)42(56)49-35(27-32-16-20-34(21-17-32)37-15-11-12-24-48-37)29-39(55)38(28-31-13-9-8-10-14-31)50-43(57)41(47(4,5)6)53-26-25-52(44(53)58)30-33-18-22-36(54)23-19-33/h8-24,35,38-41,54-55H,25-30H2,1-7H3,(H,49,56)(H,50,57)(H,59,60)/t35-,38-,39-,40+,41+/m0/s1. The van der Waals surface area contributed by atoms with E-state index in [1.165, 1.54) is 7.05 Å². The number of aliphatic hydroxyl groups excluding tert-OH is 1. The van der Waals surface area contributed by atoms with Crippen LogP contribution in [0.25, 0.3) is 11.3 Å². The van der Waals surface area contributed by atoms with Gasteiger partial charge in [-0.1, -0.05) is 114 Å². The molecule has 320 valence electrons. The molecule has 1 aliphatic heterocycles. The molecule has 0 aliphatic carbocycles. The van der Waals surface area contributed by atoms with E-state index in [0.29, 0.717) is 26.1 Å². The number of phenols is 1. The topological polar surface area (TPSA) is 176 Å². The Balaban J connectivity index is 1.42. The third-order valence-corrected chi connectivity index (χ3v) is 10.9. The minimum absolute atomic E-state index is 0.0163. The second kappa shape index (κ2) is 19.4. The van der Waals surface area contributed by atoms with Gasteiger partial charge in [0.15, 0.2) is 0 Å². The summed E-state index contributed by atoms with van der Waals surface area (Å²) in [4.78, 5) is 63.4. The van der Waals surface area contributed by atoms with Crippen LogP contribution in [0.5, 0.6) is 5.75 Å². The molecule has 1 aliphatic rings. The molecule has 5 rings (SSSR count). The molecule has 0 radical (unpaired) electrons. The van der Waals surface area contributed by atoms with Crippen molar-refractivity contribution in [3.63, 3.8) is 0 Å². The van der Waals surface area contributed by atoms with Gasteiger partial charge in [0, 0.05) is 44.5 Å². The molecular formula is C47H60N6O7. The van der Waals surface area contributed by atoms with Crippen molar-refractivity contribution in [2.45, 2.75) is 97.6 Å². The number of carboxylic acid groups (broad SMARTS) is 1. The number of aliphatic hydroxyl groups is 1. The van der Waals surface area contributed by atoms with Crippen molar-refractivity contribution in [1.29, 1.82) is 0 Å². The van der Waals surface area contributed by atoms with E-state index in [2.05, 4.69) is 15.6 Å². The van der Waals surface area contributed by atoms with E-state index in [4.69, 9.17) is 0 Å². The van der Waals surface area contributed by atoms with Crippen molar-refractivity contribution in [2.75, 3.05) is 20.1 Å². The van der Waals surface area contributed by atoms with Gasteiger partial charge in [0.05, 0.1) is 17.8 Å². The van der Waals surface area contributed by atoms with Crippen LogP contribution in [-0.2, 0) is 29.0 Å². The van der Waals surface area contributed by atoms with Crippen molar-refractivity contribution in [3.8, 4) is 17.0 Å². The monoisotopic (exact) mass is 820 g/mol. The molecule has 1 saturated heterocycles. The third kappa shape index (κ3) is 11.8. The Morgan fingerprint density at radius 3 is 1.97 bits per heavy atom. The molecule has 13 nitrogen and oxygen atoms in total. The first kappa shape index (κ1) is 45.1. The molecule has 0 unspecified atom stereocenters. The maximum atomic E-state index is 14.6. The summed E-state index contributed by atoms with van der Waals surface area (Å²) in [6, 6.07) is 25.9. The number of likely N-dealkylation sites (N-methyl/N-ethyl adjacent to an activating group) is 1.